The molecule has 1 aromatic heterocycles. The quantitative estimate of drug-likeness (QED) is 0.838. The number of hydrogen-bond acceptors (Lipinski definition) is 5. The molecule has 0 amide bonds. The molecule has 0 spiro atoms. The molecule has 0 saturated carbocycles. The first-order valence-corrected chi connectivity index (χ1v) is 8.26. The van der Waals surface area contributed by atoms with Crippen LogP contribution in [0.4, 0.5) is 0 Å². The number of sulfonamides is 1. The molecule has 2 N–H and O–H groups in total. The van der Waals surface area contributed by atoms with Gasteiger partial charge in [0.15, 0.2) is 0 Å². The minimum atomic E-state index is -3.71. The lowest BCUT2D eigenvalue weighted by Gasteiger charge is -2.31. The maximum atomic E-state index is 12.5. The molecule has 1 aliphatic heterocycles. The van der Waals surface area contributed by atoms with Crippen LogP contribution in [0.1, 0.15) is 11.8 Å². The normalized spacial score (nSPS) is 21.4. The highest BCUT2D eigenvalue weighted by atomic mass is 32.2. The molecule has 106 valence electrons. The zero-order valence-electron chi connectivity index (χ0n) is 10.5. The van der Waals surface area contributed by atoms with E-state index in [2.05, 4.69) is 5.32 Å². The summed E-state index contributed by atoms with van der Waals surface area (Å²) in [7, 11) is -3.71. The van der Waals surface area contributed by atoms with E-state index in [-0.39, 0.29) is 17.3 Å². The Kier molecular flexibility index (Phi) is 4.24. The van der Waals surface area contributed by atoms with Gasteiger partial charge >= 0.3 is 5.97 Å². The number of thiophene rings is 1. The molecule has 2 rings (SSSR count). The van der Waals surface area contributed by atoms with Gasteiger partial charge in [-0.2, -0.15) is 4.31 Å². The van der Waals surface area contributed by atoms with Crippen molar-refractivity contribution in [3.8, 4) is 0 Å². The fraction of sp³-hybridized carbons (Fsp3) is 0.545. The first-order chi connectivity index (χ1) is 8.96. The zero-order chi connectivity index (χ0) is 14.0. The van der Waals surface area contributed by atoms with Crippen molar-refractivity contribution in [2.24, 2.45) is 0 Å². The average molecular weight is 304 g/mol. The van der Waals surface area contributed by atoms with Crippen molar-refractivity contribution >= 4 is 27.3 Å². The van der Waals surface area contributed by atoms with Gasteiger partial charge in [0.1, 0.15) is 10.3 Å². The van der Waals surface area contributed by atoms with Gasteiger partial charge in [-0.25, -0.2) is 8.42 Å². The largest absolute Gasteiger partial charge is 0.480 e. The highest BCUT2D eigenvalue weighted by Gasteiger charge is 2.38. The molecule has 1 aliphatic rings. The summed E-state index contributed by atoms with van der Waals surface area (Å²) in [5.41, 5.74) is 0. The van der Waals surface area contributed by atoms with E-state index in [1.54, 1.807) is 12.1 Å². The Hall–Kier alpha value is -0.960. The van der Waals surface area contributed by atoms with Gasteiger partial charge in [0.2, 0.25) is 0 Å². The predicted molar refractivity (Wildman–Crippen MR) is 71.9 cm³/mol. The molecule has 1 unspecified atom stereocenters. The molecule has 1 atom stereocenters. The summed E-state index contributed by atoms with van der Waals surface area (Å²) in [5, 5.41) is 12.0. The first kappa shape index (κ1) is 14.4. The van der Waals surface area contributed by atoms with E-state index in [0.717, 1.165) is 15.6 Å². The zero-order valence-corrected chi connectivity index (χ0v) is 12.1. The Balaban J connectivity index is 2.34. The molecule has 0 radical (unpaired) electrons. The van der Waals surface area contributed by atoms with Crippen molar-refractivity contribution in [1.29, 1.82) is 0 Å². The summed E-state index contributed by atoms with van der Waals surface area (Å²) in [5.74, 6) is -1.12. The molecular formula is C11H16N2O4S2. The first-order valence-electron chi connectivity index (χ1n) is 6.01. The number of nitrogens with one attached hydrogen (secondary N) is 1. The summed E-state index contributed by atoms with van der Waals surface area (Å²) in [4.78, 5) is 12.1. The van der Waals surface area contributed by atoms with Crippen LogP contribution in [0.5, 0.6) is 0 Å². The van der Waals surface area contributed by atoms with Gasteiger partial charge in [-0.15, -0.1) is 11.3 Å². The number of carbonyl (C=O) groups is 1. The minimum Gasteiger partial charge on any atom is -0.480 e. The molecule has 0 aliphatic carbocycles. The van der Waals surface area contributed by atoms with E-state index in [9.17, 15) is 13.2 Å². The monoisotopic (exact) mass is 304 g/mol. The van der Waals surface area contributed by atoms with Gasteiger partial charge in [0.25, 0.3) is 10.0 Å². The smallest absolute Gasteiger partial charge is 0.323 e. The SMILES string of the molecule is CCc1ccc(S(=O)(=O)N2CCNCC2C(=O)O)s1. The van der Waals surface area contributed by atoms with Crippen molar-refractivity contribution in [2.75, 3.05) is 19.6 Å². The second-order valence-corrected chi connectivity index (χ2v) is 7.53. The maximum absolute atomic E-state index is 12.5. The number of carboxylic acids is 1. The Morgan fingerprint density at radius 2 is 2.32 bits per heavy atom. The number of rotatable bonds is 4. The fourth-order valence-corrected chi connectivity index (χ4v) is 4.99. The molecule has 0 aromatic carbocycles. The number of piperazine rings is 1. The second-order valence-electron chi connectivity index (χ2n) is 4.25. The topological polar surface area (TPSA) is 86.7 Å². The van der Waals surface area contributed by atoms with Gasteiger partial charge in [0.05, 0.1) is 0 Å². The van der Waals surface area contributed by atoms with Crippen LogP contribution >= 0.6 is 11.3 Å². The lowest BCUT2D eigenvalue weighted by Crippen LogP contribution is -2.56. The van der Waals surface area contributed by atoms with E-state index in [4.69, 9.17) is 5.11 Å². The average Bonchev–Trinajstić information content (AvgIpc) is 2.88. The molecule has 0 bridgehead atoms. The summed E-state index contributed by atoms with van der Waals surface area (Å²) in [6, 6.07) is 2.29. The van der Waals surface area contributed by atoms with Crippen LogP contribution in [0, 0.1) is 0 Å². The molecule has 19 heavy (non-hydrogen) atoms. The van der Waals surface area contributed by atoms with Crippen LogP contribution in [0.15, 0.2) is 16.3 Å². The molecule has 6 nitrogen and oxygen atoms in total. The second kappa shape index (κ2) is 5.58. The van der Waals surface area contributed by atoms with Crippen LogP contribution in [-0.2, 0) is 21.2 Å². The third-order valence-electron chi connectivity index (χ3n) is 3.03. The number of aliphatic carboxylic acids is 1. The van der Waals surface area contributed by atoms with Gasteiger partial charge < -0.3 is 10.4 Å². The van der Waals surface area contributed by atoms with Crippen molar-refractivity contribution < 1.29 is 18.3 Å². The Bertz CT molecular complexity index is 567. The van der Waals surface area contributed by atoms with Crippen LogP contribution < -0.4 is 5.32 Å². The van der Waals surface area contributed by atoms with E-state index >= 15 is 0 Å². The number of carboxylic acid groups (broad SMARTS) is 1. The highest BCUT2D eigenvalue weighted by Crippen LogP contribution is 2.27. The summed E-state index contributed by atoms with van der Waals surface area (Å²) in [6.45, 7) is 2.74. The van der Waals surface area contributed by atoms with Crippen LogP contribution in [0.2, 0.25) is 0 Å². The van der Waals surface area contributed by atoms with Crippen molar-refractivity contribution in [1.82, 2.24) is 9.62 Å². The number of hydrogen-bond donors (Lipinski definition) is 2. The number of aryl methyl sites for hydroxylation is 1. The molecule has 1 saturated heterocycles. The third kappa shape index (κ3) is 2.81. The van der Waals surface area contributed by atoms with Crippen LogP contribution in [0.25, 0.3) is 0 Å². The minimum absolute atomic E-state index is 0.139. The molecule has 1 aromatic rings. The summed E-state index contributed by atoms with van der Waals surface area (Å²) in [6.07, 6.45) is 0.768. The van der Waals surface area contributed by atoms with Crippen molar-refractivity contribution in [3.05, 3.63) is 17.0 Å². The summed E-state index contributed by atoms with van der Waals surface area (Å²) < 4.78 is 26.3. The lowest BCUT2D eigenvalue weighted by atomic mass is 10.2. The maximum Gasteiger partial charge on any atom is 0.323 e. The van der Waals surface area contributed by atoms with Crippen LogP contribution in [0.3, 0.4) is 0 Å². The molecule has 8 heteroatoms. The Morgan fingerprint density at radius 1 is 1.58 bits per heavy atom. The van der Waals surface area contributed by atoms with Crippen molar-refractivity contribution in [2.45, 2.75) is 23.6 Å². The predicted octanol–water partition coefficient (Wildman–Crippen LogP) is 0.358. The molecule has 2 heterocycles. The Labute approximate surface area is 116 Å². The van der Waals surface area contributed by atoms with Crippen LogP contribution in [-0.4, -0.2) is 49.5 Å². The summed E-state index contributed by atoms with van der Waals surface area (Å²) >= 11 is 1.20. The lowest BCUT2D eigenvalue weighted by molar-refractivity contribution is -0.141. The van der Waals surface area contributed by atoms with Crippen molar-refractivity contribution in [3.63, 3.8) is 0 Å². The van der Waals surface area contributed by atoms with Gasteiger partial charge in [0, 0.05) is 24.5 Å². The van der Waals surface area contributed by atoms with E-state index in [0.29, 0.717) is 6.54 Å². The van der Waals surface area contributed by atoms with Gasteiger partial charge in [-0.05, 0) is 18.6 Å². The number of nitrogens with zero attached hydrogens (tertiary/aromatic N) is 1. The third-order valence-corrected chi connectivity index (χ3v) is 6.63. The Morgan fingerprint density at radius 3 is 2.89 bits per heavy atom. The van der Waals surface area contributed by atoms with Gasteiger partial charge in [-0.3, -0.25) is 4.79 Å². The highest BCUT2D eigenvalue weighted by molar-refractivity contribution is 7.91. The van der Waals surface area contributed by atoms with E-state index in [1.165, 1.54) is 11.3 Å². The standard InChI is InChI=1S/C11H16N2O4S2/c1-2-8-3-4-10(18-8)19(16,17)13-6-5-12-7-9(13)11(14)15/h3-4,9,12H,2,5-7H2,1H3,(H,14,15). The molecule has 1 fully saturated rings. The van der Waals surface area contributed by atoms with E-state index in [1.807, 2.05) is 6.92 Å². The van der Waals surface area contributed by atoms with Gasteiger partial charge in [-0.1, -0.05) is 6.92 Å². The molecular weight excluding hydrogens is 288 g/mol. The fourth-order valence-electron chi connectivity index (χ4n) is 1.99. The van der Waals surface area contributed by atoms with E-state index < -0.39 is 22.0 Å².